The summed E-state index contributed by atoms with van der Waals surface area (Å²) in [5.74, 6) is -0.476. The average Bonchev–Trinajstić information content (AvgIpc) is 2.46. The number of hydrogen-bond acceptors (Lipinski definition) is 4. The third-order valence-electron chi connectivity index (χ3n) is 2.47. The molecule has 0 amide bonds. The number of esters is 1. The molecule has 1 N–H and O–H groups in total. The molecule has 0 spiro atoms. The predicted molar refractivity (Wildman–Crippen MR) is 77.5 cm³/mol. The van der Waals surface area contributed by atoms with Crippen LogP contribution in [0, 0.1) is 0 Å². The summed E-state index contributed by atoms with van der Waals surface area (Å²) in [4.78, 5) is 11.1. The zero-order chi connectivity index (χ0) is 14.8. The van der Waals surface area contributed by atoms with Crippen LogP contribution >= 0.6 is 11.6 Å². The highest BCUT2D eigenvalue weighted by Gasteiger charge is 2.14. The van der Waals surface area contributed by atoms with Gasteiger partial charge in [0.25, 0.3) is 0 Å². The fourth-order valence-electron chi connectivity index (χ4n) is 1.45. The van der Waals surface area contributed by atoms with E-state index < -0.39 is 17.5 Å². The third kappa shape index (κ3) is 6.70. The van der Waals surface area contributed by atoms with Crippen LogP contribution in [-0.4, -0.2) is 35.8 Å². The SMILES string of the molecule is CCOC(=O)/C=C/[C@@H](Cl)[C@@H](O)COCc1ccccc1. The van der Waals surface area contributed by atoms with Gasteiger partial charge in [-0.3, -0.25) is 0 Å². The standard InChI is InChI=1S/C15H19ClO4/c1-2-20-15(18)9-8-13(16)14(17)11-19-10-12-6-4-3-5-7-12/h3-9,13-14,17H,2,10-11H2,1H3/b9-8+/t13-,14+/m1/s1. The molecular weight excluding hydrogens is 280 g/mol. The highest BCUT2D eigenvalue weighted by Crippen LogP contribution is 2.08. The number of carbonyl (C=O) groups is 1. The molecule has 0 fully saturated rings. The van der Waals surface area contributed by atoms with Crippen LogP contribution in [0.25, 0.3) is 0 Å². The van der Waals surface area contributed by atoms with E-state index in [1.165, 1.54) is 12.2 Å². The summed E-state index contributed by atoms with van der Waals surface area (Å²) in [6.45, 7) is 2.52. The molecule has 5 heteroatoms. The zero-order valence-corrected chi connectivity index (χ0v) is 12.1. The first kappa shape index (κ1) is 16.7. The number of hydrogen-bond donors (Lipinski definition) is 1. The van der Waals surface area contributed by atoms with Crippen LogP contribution in [0.4, 0.5) is 0 Å². The van der Waals surface area contributed by atoms with Gasteiger partial charge in [-0.2, -0.15) is 0 Å². The molecule has 0 aromatic heterocycles. The number of halogens is 1. The van der Waals surface area contributed by atoms with Gasteiger partial charge in [0.2, 0.25) is 0 Å². The van der Waals surface area contributed by atoms with Crippen molar-refractivity contribution in [3.05, 3.63) is 48.0 Å². The molecule has 0 aliphatic rings. The van der Waals surface area contributed by atoms with Gasteiger partial charge >= 0.3 is 5.97 Å². The third-order valence-corrected chi connectivity index (χ3v) is 2.91. The largest absolute Gasteiger partial charge is 0.463 e. The van der Waals surface area contributed by atoms with Crippen molar-refractivity contribution in [3.63, 3.8) is 0 Å². The number of ether oxygens (including phenoxy) is 2. The van der Waals surface area contributed by atoms with E-state index in [-0.39, 0.29) is 6.61 Å². The van der Waals surface area contributed by atoms with Crippen LogP contribution in [-0.2, 0) is 20.9 Å². The summed E-state index contributed by atoms with van der Waals surface area (Å²) >= 11 is 5.93. The molecule has 0 unspecified atom stereocenters. The van der Waals surface area contributed by atoms with E-state index in [2.05, 4.69) is 0 Å². The Kier molecular flexibility index (Phi) is 7.95. The van der Waals surface area contributed by atoms with Crippen molar-refractivity contribution in [1.29, 1.82) is 0 Å². The number of aliphatic hydroxyl groups is 1. The van der Waals surface area contributed by atoms with Gasteiger partial charge in [-0.25, -0.2) is 4.79 Å². The van der Waals surface area contributed by atoms with Gasteiger partial charge in [-0.15, -0.1) is 11.6 Å². The Morgan fingerprint density at radius 2 is 2.10 bits per heavy atom. The summed E-state index contributed by atoms with van der Waals surface area (Å²) in [5.41, 5.74) is 1.02. The molecule has 1 aromatic rings. The molecule has 1 aromatic carbocycles. The Hall–Kier alpha value is -1.36. The molecule has 0 heterocycles. The normalized spacial score (nSPS) is 14.2. The van der Waals surface area contributed by atoms with E-state index >= 15 is 0 Å². The van der Waals surface area contributed by atoms with Gasteiger partial charge in [-0.1, -0.05) is 36.4 Å². The van der Waals surface area contributed by atoms with E-state index in [1.807, 2.05) is 30.3 Å². The molecule has 0 radical (unpaired) electrons. The van der Waals surface area contributed by atoms with Crippen molar-refractivity contribution >= 4 is 17.6 Å². The highest BCUT2D eigenvalue weighted by atomic mass is 35.5. The lowest BCUT2D eigenvalue weighted by Gasteiger charge is -2.14. The van der Waals surface area contributed by atoms with Gasteiger partial charge in [0.15, 0.2) is 0 Å². The minimum Gasteiger partial charge on any atom is -0.463 e. The van der Waals surface area contributed by atoms with Gasteiger partial charge in [-0.05, 0) is 12.5 Å². The fourth-order valence-corrected chi connectivity index (χ4v) is 1.60. The first-order chi connectivity index (χ1) is 9.63. The summed E-state index contributed by atoms with van der Waals surface area (Å²) in [6.07, 6.45) is 1.73. The first-order valence-electron chi connectivity index (χ1n) is 6.42. The van der Waals surface area contributed by atoms with Crippen LogP contribution in [0.3, 0.4) is 0 Å². The van der Waals surface area contributed by atoms with Crippen LogP contribution in [0.5, 0.6) is 0 Å². The maximum atomic E-state index is 11.1. The fraction of sp³-hybridized carbons (Fsp3) is 0.400. The van der Waals surface area contributed by atoms with Gasteiger partial charge in [0.05, 0.1) is 31.3 Å². The van der Waals surface area contributed by atoms with Crippen LogP contribution in [0.1, 0.15) is 12.5 Å². The lowest BCUT2D eigenvalue weighted by molar-refractivity contribution is -0.137. The Balaban J connectivity index is 2.27. The van der Waals surface area contributed by atoms with E-state index in [4.69, 9.17) is 21.1 Å². The summed E-state index contributed by atoms with van der Waals surface area (Å²) in [5, 5.41) is 9.08. The molecule has 0 bridgehead atoms. The Labute approximate surface area is 124 Å². The Morgan fingerprint density at radius 3 is 2.75 bits per heavy atom. The maximum Gasteiger partial charge on any atom is 0.330 e. The zero-order valence-electron chi connectivity index (χ0n) is 11.4. The topological polar surface area (TPSA) is 55.8 Å². The molecule has 20 heavy (non-hydrogen) atoms. The molecule has 1 rings (SSSR count). The molecule has 0 aliphatic carbocycles. The van der Waals surface area contributed by atoms with Crippen molar-refractivity contribution in [2.75, 3.05) is 13.2 Å². The summed E-state index contributed by atoms with van der Waals surface area (Å²) in [6, 6.07) is 9.63. The van der Waals surface area contributed by atoms with Gasteiger partial charge in [0.1, 0.15) is 0 Å². The van der Waals surface area contributed by atoms with Crippen LogP contribution in [0.15, 0.2) is 42.5 Å². The molecule has 110 valence electrons. The average molecular weight is 299 g/mol. The number of rotatable bonds is 8. The predicted octanol–water partition coefficient (Wildman–Crippen LogP) is 2.29. The second-order valence-electron chi connectivity index (χ2n) is 4.12. The van der Waals surface area contributed by atoms with Crippen molar-refractivity contribution in [3.8, 4) is 0 Å². The van der Waals surface area contributed by atoms with E-state index in [0.717, 1.165) is 5.56 Å². The molecule has 4 nitrogen and oxygen atoms in total. The lowest BCUT2D eigenvalue weighted by atomic mass is 10.2. The molecule has 2 atom stereocenters. The van der Waals surface area contributed by atoms with Crippen molar-refractivity contribution in [2.45, 2.75) is 25.0 Å². The van der Waals surface area contributed by atoms with Gasteiger partial charge in [0, 0.05) is 6.08 Å². The Morgan fingerprint density at radius 1 is 1.40 bits per heavy atom. The van der Waals surface area contributed by atoms with Crippen LogP contribution < -0.4 is 0 Å². The number of alkyl halides is 1. The molecule has 0 saturated carbocycles. The van der Waals surface area contributed by atoms with E-state index in [9.17, 15) is 9.90 Å². The number of benzene rings is 1. The van der Waals surface area contributed by atoms with Crippen LogP contribution in [0.2, 0.25) is 0 Å². The number of aliphatic hydroxyl groups excluding tert-OH is 1. The maximum absolute atomic E-state index is 11.1. The summed E-state index contributed by atoms with van der Waals surface area (Å²) in [7, 11) is 0. The second-order valence-corrected chi connectivity index (χ2v) is 4.63. The van der Waals surface area contributed by atoms with Crippen molar-refractivity contribution in [2.24, 2.45) is 0 Å². The van der Waals surface area contributed by atoms with E-state index in [0.29, 0.717) is 13.2 Å². The summed E-state index contributed by atoms with van der Waals surface area (Å²) < 4.78 is 10.1. The Bertz CT molecular complexity index is 419. The van der Waals surface area contributed by atoms with Gasteiger partial charge < -0.3 is 14.6 Å². The quantitative estimate of drug-likeness (QED) is 0.454. The van der Waals surface area contributed by atoms with Crippen molar-refractivity contribution < 1.29 is 19.4 Å². The first-order valence-corrected chi connectivity index (χ1v) is 6.86. The minimum absolute atomic E-state index is 0.0935. The van der Waals surface area contributed by atoms with E-state index in [1.54, 1.807) is 6.92 Å². The smallest absolute Gasteiger partial charge is 0.330 e. The lowest BCUT2D eigenvalue weighted by Crippen LogP contribution is -2.25. The molecule has 0 saturated heterocycles. The van der Waals surface area contributed by atoms with Crippen molar-refractivity contribution in [1.82, 2.24) is 0 Å². The monoisotopic (exact) mass is 298 g/mol. The minimum atomic E-state index is -0.883. The second kappa shape index (κ2) is 9.53. The number of carbonyl (C=O) groups excluding carboxylic acids is 1. The molecule has 0 aliphatic heterocycles. The highest BCUT2D eigenvalue weighted by molar-refractivity contribution is 6.22. The molecular formula is C15H19ClO4.